The van der Waals surface area contributed by atoms with Crippen LogP contribution in [-0.4, -0.2) is 194 Å². The van der Waals surface area contributed by atoms with Crippen LogP contribution in [0.15, 0.2) is 73.3 Å². The fourth-order valence-corrected chi connectivity index (χ4v) is 10.2. The van der Waals surface area contributed by atoms with Gasteiger partial charge in [-0.3, -0.25) is 9.13 Å². The third-order valence-electron chi connectivity index (χ3n) is 14.3. The highest BCUT2D eigenvalue weighted by molar-refractivity contribution is 14.1. The zero-order valence-corrected chi connectivity index (χ0v) is 47.6. The van der Waals surface area contributed by atoms with Gasteiger partial charge in [-0.05, 0) is 54.6 Å². The number of nitrogens with zero attached hydrogens (tertiary/aromatic N) is 10. The maximum absolute atomic E-state index is 12.4. The van der Waals surface area contributed by atoms with Crippen molar-refractivity contribution >= 4 is 68.7 Å². The fourth-order valence-electron chi connectivity index (χ4n) is 9.66. The zero-order valence-electron chi connectivity index (χ0n) is 45.5. The van der Waals surface area contributed by atoms with E-state index in [1.54, 1.807) is 9.80 Å². The Morgan fingerprint density at radius 2 is 1.07 bits per heavy atom. The molecule has 0 radical (unpaired) electrons. The Hall–Kier alpha value is -6.87. The molecule has 2 unspecified atom stereocenters. The molecular formula is C57H73IN12O14. The van der Waals surface area contributed by atoms with Crippen molar-refractivity contribution in [3.05, 3.63) is 94.1 Å². The van der Waals surface area contributed by atoms with Gasteiger partial charge in [0.2, 0.25) is 5.82 Å². The maximum Gasteiger partial charge on any atom is 0.409 e. The fraction of sp³-hybridized carbons (Fsp3) is 0.509. The second-order valence-corrected chi connectivity index (χ2v) is 21.0. The number of nitrogen functional groups attached to an aromatic ring is 2. The van der Waals surface area contributed by atoms with Crippen LogP contribution >= 0.6 is 22.6 Å². The number of anilines is 2. The molecule has 4 aliphatic heterocycles. The third kappa shape index (κ3) is 16.9. The number of likely N-dealkylation sites (tertiary alicyclic amines) is 2. The average Bonchev–Trinajstić information content (AvgIpc) is 2.70. The van der Waals surface area contributed by atoms with E-state index in [0.717, 1.165) is 56.3 Å². The highest BCUT2D eigenvalue weighted by Crippen LogP contribution is 2.34. The van der Waals surface area contributed by atoms with Crippen molar-refractivity contribution in [1.29, 1.82) is 0 Å². The summed E-state index contributed by atoms with van der Waals surface area (Å²) < 4.78 is 36.0. The quantitative estimate of drug-likeness (QED) is 0.0298. The lowest BCUT2D eigenvalue weighted by Gasteiger charge is -2.30. The second kappa shape index (κ2) is 31.9. The van der Waals surface area contributed by atoms with Crippen LogP contribution in [0.5, 0.6) is 0 Å². The van der Waals surface area contributed by atoms with E-state index in [0.29, 0.717) is 83.9 Å². The topological polar surface area (TPSA) is 357 Å². The molecule has 0 aliphatic carbocycles. The van der Waals surface area contributed by atoms with Crippen molar-refractivity contribution in [2.45, 2.75) is 108 Å². The van der Waals surface area contributed by atoms with Crippen LogP contribution in [0.2, 0.25) is 0 Å². The Morgan fingerprint density at radius 3 is 1.51 bits per heavy atom. The van der Waals surface area contributed by atoms with Gasteiger partial charge in [0.25, 0.3) is 0 Å². The monoisotopic (exact) mass is 1280 g/mol. The standard InChI is InChI=1S/C28H34N6O7.C18H23NO3.C10H12IN5O4.CH4/c29-25-22-26(34(17-30-22)27-24(37)23(36)20(15-35)41-27)32-21(31-25)8-4-7-18-9-11-33(12-10-18)28(38)40-14-13-39-16-19-5-2-1-3-6-19;1-2-6-16-9-11-19(12-10-16)18(20)22-14-13-21-15-17-7-4-3-5-8-17;11-10-14-7(12)4-8(15-10)16(2-13-4)9-6(19)5(18)3(1-17)20-9;/h1-3,5-6,17-18,20,23-24,27,35-37H,7,9-16H2,(H2,29,31,32);1,3-5,7-8,16H,6,9-15H2;2-3,5-6,9,17-19H,1H2,(H2,12,14,15);1H4/t20-,23?,24+,27-;;3-,5?,6+,9-;/m1.1./s1. The number of imidazole rings is 2. The Kier molecular flexibility index (Phi) is 24.5. The van der Waals surface area contributed by atoms with Crippen molar-refractivity contribution in [1.82, 2.24) is 48.8 Å². The van der Waals surface area contributed by atoms with E-state index < -0.39 is 62.3 Å². The number of hydrogen-bond donors (Lipinski definition) is 8. The van der Waals surface area contributed by atoms with E-state index in [-0.39, 0.29) is 50.3 Å². The van der Waals surface area contributed by atoms with Crippen LogP contribution in [-0.2, 0) is 41.6 Å². The highest BCUT2D eigenvalue weighted by atomic mass is 127. The van der Waals surface area contributed by atoms with Gasteiger partial charge in [-0.2, -0.15) is 0 Å². The number of benzene rings is 2. The van der Waals surface area contributed by atoms with Crippen LogP contribution in [0, 0.1) is 39.9 Å². The molecule has 0 saturated carbocycles. The minimum Gasteiger partial charge on any atom is -0.447 e. The van der Waals surface area contributed by atoms with Crippen LogP contribution in [0.25, 0.3) is 22.3 Å². The number of aliphatic hydroxyl groups excluding tert-OH is 6. The molecular weight excluding hydrogens is 1200 g/mol. The van der Waals surface area contributed by atoms with Crippen LogP contribution in [0.1, 0.15) is 75.4 Å². The number of amides is 2. The average molecular weight is 1280 g/mol. The number of rotatable bonds is 16. The SMILES string of the molecule is C.C#CCC1CCN(C(=O)OCCOCc2ccccc2)CC1.Nc1nc(C#CCC2CCN(C(=O)OCCOCc3ccccc3)CC2)nc2c1ncn2[C@@H]1O[C@H](CO)C(O)[C@@H]1O.Nc1nc(I)nc2c1ncn2[C@@H]1O[C@H](CO)C(O)[C@@H]1O. The van der Waals surface area contributed by atoms with E-state index in [2.05, 4.69) is 47.7 Å². The number of carbonyl (C=O) groups is 2. The molecule has 452 valence electrons. The first-order chi connectivity index (χ1) is 40.3. The van der Waals surface area contributed by atoms with E-state index in [9.17, 15) is 35.1 Å². The van der Waals surface area contributed by atoms with Gasteiger partial charge in [0.05, 0.1) is 52.3 Å². The molecule has 2 aromatic carbocycles. The summed E-state index contributed by atoms with van der Waals surface area (Å²) >= 11 is 1.92. The molecule has 0 spiro atoms. The van der Waals surface area contributed by atoms with E-state index in [1.165, 1.54) is 21.8 Å². The lowest BCUT2D eigenvalue weighted by molar-refractivity contribution is -0.0511. The molecule has 8 atom stereocenters. The number of aromatic nitrogens is 8. The van der Waals surface area contributed by atoms with E-state index >= 15 is 0 Å². The van der Waals surface area contributed by atoms with Crippen molar-refractivity contribution in [2.24, 2.45) is 11.8 Å². The molecule has 10 rings (SSSR count). The first-order valence-electron chi connectivity index (χ1n) is 27.2. The molecule has 27 heteroatoms. The van der Waals surface area contributed by atoms with Gasteiger partial charge < -0.3 is 80.3 Å². The lowest BCUT2D eigenvalue weighted by Crippen LogP contribution is -2.39. The van der Waals surface area contributed by atoms with Crippen molar-refractivity contribution in [3.63, 3.8) is 0 Å². The number of aliphatic hydroxyl groups is 6. The first kappa shape index (κ1) is 64.7. The maximum atomic E-state index is 12.4. The Bertz CT molecular complexity index is 3150. The Morgan fingerprint density at radius 1 is 0.631 bits per heavy atom. The van der Waals surface area contributed by atoms with Gasteiger partial charge in [-0.15, -0.1) is 12.3 Å². The summed E-state index contributed by atoms with van der Waals surface area (Å²) in [5.74, 6) is 10.2. The normalized spacial score (nSPS) is 22.4. The molecule has 6 aromatic rings. The van der Waals surface area contributed by atoms with Crippen LogP contribution in [0.3, 0.4) is 0 Å². The van der Waals surface area contributed by atoms with Crippen molar-refractivity contribution in [3.8, 4) is 24.2 Å². The van der Waals surface area contributed by atoms with E-state index in [4.69, 9.17) is 51.4 Å². The molecule has 84 heavy (non-hydrogen) atoms. The largest absolute Gasteiger partial charge is 0.447 e. The van der Waals surface area contributed by atoms with E-state index in [1.807, 2.05) is 83.3 Å². The van der Waals surface area contributed by atoms with Gasteiger partial charge in [0.15, 0.2) is 39.2 Å². The second-order valence-electron chi connectivity index (χ2n) is 20.0. The molecule has 8 heterocycles. The predicted octanol–water partition coefficient (Wildman–Crippen LogP) is 3.16. The van der Waals surface area contributed by atoms with Gasteiger partial charge in [0, 0.05) is 61.6 Å². The molecule has 4 saturated heterocycles. The summed E-state index contributed by atoms with van der Waals surface area (Å²) in [5.41, 5.74) is 15.4. The van der Waals surface area contributed by atoms with Crippen molar-refractivity contribution < 1.29 is 68.6 Å². The summed E-state index contributed by atoms with van der Waals surface area (Å²) in [6.07, 6.45) is 3.87. The molecule has 10 N–H and O–H groups in total. The number of hydrogen-bond acceptors (Lipinski definition) is 22. The van der Waals surface area contributed by atoms with Crippen LogP contribution < -0.4 is 11.5 Å². The number of fused-ring (bicyclic) bond motifs is 2. The molecule has 2 amide bonds. The molecule has 4 fully saturated rings. The number of piperidine rings is 2. The smallest absolute Gasteiger partial charge is 0.409 e. The summed E-state index contributed by atoms with van der Waals surface area (Å²) in [7, 11) is 0. The molecule has 4 aromatic heterocycles. The summed E-state index contributed by atoms with van der Waals surface area (Å²) in [6.45, 7) is 4.07. The number of halogens is 1. The van der Waals surface area contributed by atoms with Gasteiger partial charge in [0.1, 0.15) is 60.9 Å². The van der Waals surface area contributed by atoms with Crippen molar-refractivity contribution in [2.75, 3.05) is 77.3 Å². The molecule has 4 aliphatic rings. The number of nitrogens with two attached hydrogens (primary N) is 2. The lowest BCUT2D eigenvalue weighted by atomic mass is 9.94. The third-order valence-corrected chi connectivity index (χ3v) is 14.8. The summed E-state index contributed by atoms with van der Waals surface area (Å²) in [4.78, 5) is 52.9. The predicted molar refractivity (Wildman–Crippen MR) is 313 cm³/mol. The summed E-state index contributed by atoms with van der Waals surface area (Å²) in [6, 6.07) is 19.8. The Labute approximate surface area is 499 Å². The first-order valence-corrected chi connectivity index (χ1v) is 28.2. The zero-order chi connectivity index (χ0) is 58.8. The molecule has 0 bridgehead atoms. The Balaban J connectivity index is 0.000000198. The highest BCUT2D eigenvalue weighted by Gasteiger charge is 2.45. The number of carbonyl (C=O) groups excluding carboxylic acids is 2. The molecule has 26 nitrogen and oxygen atoms in total. The van der Waals surface area contributed by atoms with Gasteiger partial charge >= 0.3 is 12.2 Å². The van der Waals surface area contributed by atoms with Gasteiger partial charge in [-0.1, -0.05) is 74.0 Å². The minimum atomic E-state index is -1.29. The van der Waals surface area contributed by atoms with Crippen LogP contribution in [0.4, 0.5) is 21.2 Å². The minimum absolute atomic E-state index is 0. The number of terminal acetylenes is 1. The number of ether oxygens (including phenoxy) is 6. The van der Waals surface area contributed by atoms with Gasteiger partial charge in [-0.25, -0.2) is 39.5 Å². The summed E-state index contributed by atoms with van der Waals surface area (Å²) in [5, 5.41) is 58.8.